The van der Waals surface area contributed by atoms with E-state index in [0.29, 0.717) is 21.6 Å². The number of rotatable bonds is 5. The molecule has 0 aliphatic rings. The van der Waals surface area contributed by atoms with E-state index in [1.807, 2.05) is 0 Å². The monoisotopic (exact) mass is 360 g/mol. The maximum absolute atomic E-state index is 12.2. The van der Waals surface area contributed by atoms with Gasteiger partial charge in [0.1, 0.15) is 10.6 Å². The molecule has 0 aliphatic carbocycles. The molecule has 0 atom stereocenters. The SMILES string of the molecule is COc1ccc(Br)c(NS(=O)(=O)c2c[nH]c(CO)c2)c1. The number of aromatic nitrogens is 1. The quantitative estimate of drug-likeness (QED) is 0.761. The highest BCUT2D eigenvalue weighted by Crippen LogP contribution is 2.29. The van der Waals surface area contributed by atoms with Gasteiger partial charge in [-0.3, -0.25) is 4.72 Å². The van der Waals surface area contributed by atoms with Gasteiger partial charge >= 0.3 is 0 Å². The topological polar surface area (TPSA) is 91.4 Å². The Morgan fingerprint density at radius 3 is 2.75 bits per heavy atom. The summed E-state index contributed by atoms with van der Waals surface area (Å²) in [5, 5.41) is 8.95. The summed E-state index contributed by atoms with van der Waals surface area (Å²) in [5.41, 5.74) is 0.797. The van der Waals surface area contributed by atoms with Gasteiger partial charge in [-0.05, 0) is 34.1 Å². The van der Waals surface area contributed by atoms with Crippen LogP contribution in [0.15, 0.2) is 39.8 Å². The molecular formula is C12H13BrN2O4S. The number of benzene rings is 1. The van der Waals surface area contributed by atoms with Gasteiger partial charge in [-0.2, -0.15) is 0 Å². The van der Waals surface area contributed by atoms with Crippen LogP contribution in [0.3, 0.4) is 0 Å². The number of methoxy groups -OCH3 is 1. The number of hydrogen-bond acceptors (Lipinski definition) is 4. The van der Waals surface area contributed by atoms with Gasteiger partial charge in [0.15, 0.2) is 0 Å². The van der Waals surface area contributed by atoms with Crippen LogP contribution in [0.1, 0.15) is 5.69 Å². The lowest BCUT2D eigenvalue weighted by Crippen LogP contribution is -2.12. The number of anilines is 1. The molecule has 0 radical (unpaired) electrons. The minimum atomic E-state index is -3.73. The summed E-state index contributed by atoms with van der Waals surface area (Å²) in [6.07, 6.45) is 1.32. The molecule has 0 fully saturated rings. The zero-order chi connectivity index (χ0) is 14.8. The summed E-state index contributed by atoms with van der Waals surface area (Å²) in [5.74, 6) is 0.538. The Bertz CT molecular complexity index is 712. The second-order valence-corrected chi connectivity index (χ2v) is 6.51. The number of ether oxygens (including phenoxy) is 1. The normalized spacial score (nSPS) is 11.3. The van der Waals surface area contributed by atoms with Crippen molar-refractivity contribution in [3.05, 3.63) is 40.6 Å². The second kappa shape index (κ2) is 5.86. The van der Waals surface area contributed by atoms with E-state index in [1.165, 1.54) is 19.4 Å². The average Bonchev–Trinajstić information content (AvgIpc) is 2.91. The number of aliphatic hydroxyl groups excluding tert-OH is 1. The fraction of sp³-hybridized carbons (Fsp3) is 0.167. The molecule has 0 saturated carbocycles. The lowest BCUT2D eigenvalue weighted by atomic mass is 10.3. The fourth-order valence-electron chi connectivity index (χ4n) is 1.58. The summed E-state index contributed by atoms with van der Waals surface area (Å²) < 4.78 is 32.5. The zero-order valence-electron chi connectivity index (χ0n) is 10.6. The summed E-state index contributed by atoms with van der Waals surface area (Å²) in [6.45, 7) is -0.252. The minimum Gasteiger partial charge on any atom is -0.497 e. The summed E-state index contributed by atoms with van der Waals surface area (Å²) >= 11 is 3.27. The first-order valence-electron chi connectivity index (χ1n) is 5.61. The molecule has 108 valence electrons. The fourth-order valence-corrected chi connectivity index (χ4v) is 3.14. The van der Waals surface area contributed by atoms with Crippen molar-refractivity contribution in [3.63, 3.8) is 0 Å². The van der Waals surface area contributed by atoms with Crippen LogP contribution in [-0.4, -0.2) is 25.6 Å². The van der Waals surface area contributed by atoms with E-state index in [1.54, 1.807) is 18.2 Å². The number of aromatic amines is 1. The third kappa shape index (κ3) is 3.14. The molecule has 0 bridgehead atoms. The molecule has 0 saturated heterocycles. The second-order valence-electron chi connectivity index (χ2n) is 3.97. The van der Waals surface area contributed by atoms with E-state index in [4.69, 9.17) is 9.84 Å². The molecular weight excluding hydrogens is 348 g/mol. The van der Waals surface area contributed by atoms with Gasteiger partial charge in [-0.15, -0.1) is 0 Å². The van der Waals surface area contributed by atoms with Gasteiger partial charge in [-0.25, -0.2) is 8.42 Å². The van der Waals surface area contributed by atoms with Crippen molar-refractivity contribution >= 4 is 31.6 Å². The lowest BCUT2D eigenvalue weighted by molar-refractivity contribution is 0.277. The maximum atomic E-state index is 12.2. The molecule has 1 aromatic heterocycles. The third-order valence-electron chi connectivity index (χ3n) is 2.61. The van der Waals surface area contributed by atoms with E-state index in [-0.39, 0.29) is 11.5 Å². The van der Waals surface area contributed by atoms with Crippen LogP contribution in [0.2, 0.25) is 0 Å². The number of aliphatic hydroxyl groups is 1. The smallest absolute Gasteiger partial charge is 0.263 e. The minimum absolute atomic E-state index is 0.0521. The van der Waals surface area contributed by atoms with Crippen LogP contribution in [0, 0.1) is 0 Å². The number of nitrogens with one attached hydrogen (secondary N) is 2. The van der Waals surface area contributed by atoms with Gasteiger partial charge in [0, 0.05) is 22.4 Å². The van der Waals surface area contributed by atoms with E-state index < -0.39 is 10.0 Å². The van der Waals surface area contributed by atoms with Crippen molar-refractivity contribution in [3.8, 4) is 5.75 Å². The molecule has 0 unspecified atom stereocenters. The van der Waals surface area contributed by atoms with E-state index in [0.717, 1.165) is 0 Å². The maximum Gasteiger partial charge on any atom is 0.263 e. The van der Waals surface area contributed by atoms with Crippen molar-refractivity contribution in [1.82, 2.24) is 4.98 Å². The standard InChI is InChI=1S/C12H13BrN2O4S/c1-19-9-2-3-11(13)12(5-9)15-20(17,18)10-4-8(7-16)14-6-10/h2-6,14-16H,7H2,1H3. The van der Waals surface area contributed by atoms with Crippen LogP contribution < -0.4 is 9.46 Å². The first kappa shape index (κ1) is 14.9. The Balaban J connectivity index is 2.32. The summed E-state index contributed by atoms with van der Waals surface area (Å²) in [6, 6.07) is 6.34. The van der Waals surface area contributed by atoms with Crippen LogP contribution >= 0.6 is 15.9 Å². The molecule has 6 nitrogen and oxygen atoms in total. The number of H-pyrrole nitrogens is 1. The van der Waals surface area contributed by atoms with Crippen molar-refractivity contribution in [2.45, 2.75) is 11.5 Å². The van der Waals surface area contributed by atoms with Gasteiger partial charge in [0.25, 0.3) is 10.0 Å². The van der Waals surface area contributed by atoms with Gasteiger partial charge in [0.05, 0.1) is 19.4 Å². The van der Waals surface area contributed by atoms with Crippen molar-refractivity contribution in [2.75, 3.05) is 11.8 Å². The first-order valence-corrected chi connectivity index (χ1v) is 7.88. The number of hydrogen-bond donors (Lipinski definition) is 3. The Labute approximate surface area is 125 Å². The molecule has 1 heterocycles. The van der Waals surface area contributed by atoms with Crippen molar-refractivity contribution in [2.24, 2.45) is 0 Å². The Morgan fingerprint density at radius 2 is 2.15 bits per heavy atom. The van der Waals surface area contributed by atoms with E-state index in [2.05, 4.69) is 25.6 Å². The highest BCUT2D eigenvalue weighted by Gasteiger charge is 2.17. The summed E-state index contributed by atoms with van der Waals surface area (Å²) in [7, 11) is -2.23. The molecule has 20 heavy (non-hydrogen) atoms. The number of halogens is 1. The average molecular weight is 361 g/mol. The molecule has 2 aromatic rings. The predicted molar refractivity (Wildman–Crippen MR) is 78.2 cm³/mol. The van der Waals surface area contributed by atoms with Crippen LogP contribution in [0.25, 0.3) is 0 Å². The largest absolute Gasteiger partial charge is 0.497 e. The molecule has 0 spiro atoms. The Kier molecular flexibility index (Phi) is 4.36. The van der Waals surface area contributed by atoms with Crippen molar-refractivity contribution < 1.29 is 18.3 Å². The molecule has 8 heteroatoms. The van der Waals surface area contributed by atoms with Crippen LogP contribution in [-0.2, 0) is 16.6 Å². The lowest BCUT2D eigenvalue weighted by Gasteiger charge is -2.10. The van der Waals surface area contributed by atoms with Crippen molar-refractivity contribution in [1.29, 1.82) is 0 Å². The Hall–Kier alpha value is -1.51. The van der Waals surface area contributed by atoms with Gasteiger partial charge in [-0.1, -0.05) is 0 Å². The molecule has 2 rings (SSSR count). The molecule has 0 aliphatic heterocycles. The van der Waals surface area contributed by atoms with E-state index in [9.17, 15) is 8.42 Å². The third-order valence-corrected chi connectivity index (χ3v) is 4.65. The molecule has 3 N–H and O–H groups in total. The van der Waals surface area contributed by atoms with E-state index >= 15 is 0 Å². The van der Waals surface area contributed by atoms with Crippen LogP contribution in [0.4, 0.5) is 5.69 Å². The highest BCUT2D eigenvalue weighted by atomic mass is 79.9. The predicted octanol–water partition coefficient (Wildman–Crippen LogP) is 2.08. The Morgan fingerprint density at radius 1 is 1.40 bits per heavy atom. The zero-order valence-corrected chi connectivity index (χ0v) is 13.0. The van der Waals surface area contributed by atoms with Gasteiger partial charge in [0.2, 0.25) is 0 Å². The molecule has 1 aromatic carbocycles. The van der Waals surface area contributed by atoms with Crippen LogP contribution in [0.5, 0.6) is 5.75 Å². The molecule has 0 amide bonds. The first-order chi connectivity index (χ1) is 9.46. The van der Waals surface area contributed by atoms with Gasteiger partial charge < -0.3 is 14.8 Å². The highest BCUT2D eigenvalue weighted by molar-refractivity contribution is 9.10. The summed E-state index contributed by atoms with van der Waals surface area (Å²) in [4.78, 5) is 2.73. The number of sulfonamides is 1.